The molecular weight excluding hydrogens is 367 g/mol. The number of amides is 1. The van der Waals surface area contributed by atoms with Crippen molar-refractivity contribution < 1.29 is 9.18 Å². The Bertz CT molecular complexity index is 744. The normalized spacial score (nSPS) is 21.7. The van der Waals surface area contributed by atoms with E-state index in [1.54, 1.807) is 6.20 Å². The first-order chi connectivity index (χ1) is 12.7. The number of nitrogens with one attached hydrogen (secondary N) is 1. The molecule has 0 saturated carbocycles. The Morgan fingerprint density at radius 1 is 1.26 bits per heavy atom. The van der Waals surface area contributed by atoms with Gasteiger partial charge in [0.25, 0.3) is 5.91 Å². The Morgan fingerprint density at radius 3 is 2.67 bits per heavy atom. The van der Waals surface area contributed by atoms with Gasteiger partial charge in [0.2, 0.25) is 0 Å². The number of benzene rings is 1. The molecule has 0 aliphatic carbocycles. The van der Waals surface area contributed by atoms with Crippen molar-refractivity contribution in [2.45, 2.75) is 31.2 Å². The van der Waals surface area contributed by atoms with E-state index in [9.17, 15) is 9.18 Å². The summed E-state index contributed by atoms with van der Waals surface area (Å²) in [5.41, 5.74) is 0.578. The zero-order chi connectivity index (χ0) is 18.0. The van der Waals surface area contributed by atoms with Crippen LogP contribution in [0.4, 0.5) is 4.39 Å². The molecule has 2 aliphatic rings. The van der Waals surface area contributed by atoms with E-state index < -0.39 is 5.54 Å². The van der Waals surface area contributed by atoms with Crippen molar-refractivity contribution in [2.75, 3.05) is 26.2 Å². The van der Waals surface area contributed by atoms with Gasteiger partial charge in [-0.25, -0.2) is 4.39 Å². The lowest BCUT2D eigenvalue weighted by Gasteiger charge is -2.39. The van der Waals surface area contributed by atoms with E-state index in [2.05, 4.69) is 10.4 Å². The first-order valence-electron chi connectivity index (χ1n) is 9.42. The smallest absolute Gasteiger partial charge is 0.250 e. The topological polar surface area (TPSA) is 50.2 Å². The molecule has 1 atom stereocenters. The second kappa shape index (κ2) is 8.40. The van der Waals surface area contributed by atoms with Gasteiger partial charge >= 0.3 is 0 Å². The number of nitrogens with zero attached hydrogens (tertiary/aromatic N) is 3. The fraction of sp³-hybridized carbons (Fsp3) is 0.500. The average molecular weight is 393 g/mol. The molecule has 3 heterocycles. The molecule has 2 fully saturated rings. The van der Waals surface area contributed by atoms with Crippen LogP contribution in [0.3, 0.4) is 0 Å². The lowest BCUT2D eigenvalue weighted by molar-refractivity contribution is -0.142. The molecule has 146 valence electrons. The van der Waals surface area contributed by atoms with Gasteiger partial charge in [0.15, 0.2) is 0 Å². The second-order valence-corrected chi connectivity index (χ2v) is 7.47. The first-order valence-corrected chi connectivity index (χ1v) is 9.42. The van der Waals surface area contributed by atoms with E-state index in [0.717, 1.165) is 57.4 Å². The van der Waals surface area contributed by atoms with Crippen LogP contribution in [0.1, 0.15) is 24.8 Å². The van der Waals surface area contributed by atoms with Crippen molar-refractivity contribution in [1.29, 1.82) is 0 Å². The quantitative estimate of drug-likeness (QED) is 0.870. The number of hydrogen-bond donors (Lipinski definition) is 1. The maximum Gasteiger partial charge on any atom is 0.250 e. The van der Waals surface area contributed by atoms with Crippen LogP contribution < -0.4 is 5.32 Å². The summed E-state index contributed by atoms with van der Waals surface area (Å²) in [6.07, 6.45) is 7.09. The third kappa shape index (κ3) is 4.01. The third-order valence-corrected chi connectivity index (χ3v) is 5.78. The lowest BCUT2D eigenvalue weighted by atomic mass is 9.87. The molecule has 2 aliphatic heterocycles. The van der Waals surface area contributed by atoms with Crippen molar-refractivity contribution in [1.82, 2.24) is 20.0 Å². The van der Waals surface area contributed by atoms with Crippen LogP contribution in [0, 0.1) is 11.7 Å². The second-order valence-electron chi connectivity index (χ2n) is 7.47. The van der Waals surface area contributed by atoms with E-state index in [-0.39, 0.29) is 24.1 Å². The highest BCUT2D eigenvalue weighted by atomic mass is 35.5. The maximum absolute atomic E-state index is 13.5. The number of aromatic nitrogens is 2. The number of halogens is 2. The van der Waals surface area contributed by atoms with E-state index in [1.807, 2.05) is 34.0 Å². The standard InChI is InChI=1S/C20H25FN4O.ClH/c21-18-4-2-16(3-5-18)14-17-6-13-24(15-17)19(26)20(7-10-22-11-8-20)25-12-1-9-23-25;/h1-5,9,12,17,22H,6-8,10-11,13-15H2;1H. The highest BCUT2D eigenvalue weighted by molar-refractivity contribution is 5.85. The zero-order valence-corrected chi connectivity index (χ0v) is 16.1. The minimum Gasteiger partial charge on any atom is -0.340 e. The van der Waals surface area contributed by atoms with E-state index in [1.165, 1.54) is 12.1 Å². The molecule has 2 aromatic rings. The van der Waals surface area contributed by atoms with Gasteiger partial charge in [-0.3, -0.25) is 9.48 Å². The molecule has 5 nitrogen and oxygen atoms in total. The molecule has 1 amide bonds. The predicted octanol–water partition coefficient (Wildman–Crippen LogP) is 2.61. The van der Waals surface area contributed by atoms with Crippen molar-refractivity contribution >= 4 is 18.3 Å². The maximum atomic E-state index is 13.5. The van der Waals surface area contributed by atoms with Gasteiger partial charge in [-0.1, -0.05) is 12.1 Å². The van der Waals surface area contributed by atoms with Crippen molar-refractivity contribution in [2.24, 2.45) is 5.92 Å². The Hall–Kier alpha value is -1.92. The van der Waals surface area contributed by atoms with Gasteiger partial charge in [-0.2, -0.15) is 5.10 Å². The fourth-order valence-corrected chi connectivity index (χ4v) is 4.34. The van der Waals surface area contributed by atoms with Crippen LogP contribution in [-0.2, 0) is 16.8 Å². The van der Waals surface area contributed by atoms with Gasteiger partial charge in [0, 0.05) is 25.5 Å². The van der Waals surface area contributed by atoms with Gasteiger partial charge in [0.05, 0.1) is 0 Å². The summed E-state index contributed by atoms with van der Waals surface area (Å²) in [5.74, 6) is 0.425. The third-order valence-electron chi connectivity index (χ3n) is 5.78. The van der Waals surface area contributed by atoms with Crippen LogP contribution >= 0.6 is 12.4 Å². The SMILES string of the molecule is Cl.O=C(N1CCC(Cc2ccc(F)cc2)C1)C1(n2cccn2)CCNCC1. The fourth-order valence-electron chi connectivity index (χ4n) is 4.34. The number of carbonyl (C=O) groups excluding carboxylic acids is 1. The highest BCUT2D eigenvalue weighted by Crippen LogP contribution is 2.32. The summed E-state index contributed by atoms with van der Waals surface area (Å²) in [5, 5.41) is 7.76. The molecule has 27 heavy (non-hydrogen) atoms. The van der Waals surface area contributed by atoms with Crippen LogP contribution in [0.15, 0.2) is 42.7 Å². The van der Waals surface area contributed by atoms with Gasteiger partial charge in [0.1, 0.15) is 11.4 Å². The molecule has 7 heteroatoms. The summed E-state index contributed by atoms with van der Waals surface area (Å²) in [6.45, 7) is 3.23. The monoisotopic (exact) mass is 392 g/mol. The Balaban J connectivity index is 0.00000210. The number of carbonyl (C=O) groups is 1. The zero-order valence-electron chi connectivity index (χ0n) is 15.3. The van der Waals surface area contributed by atoms with Gasteiger partial charge in [-0.05, 0) is 68.5 Å². The van der Waals surface area contributed by atoms with E-state index in [0.29, 0.717) is 5.92 Å². The Kier molecular flexibility index (Phi) is 6.17. The van der Waals surface area contributed by atoms with Crippen molar-refractivity contribution in [3.63, 3.8) is 0 Å². The first kappa shape index (κ1) is 19.8. The average Bonchev–Trinajstić information content (AvgIpc) is 3.36. The molecule has 1 N–H and O–H groups in total. The molecule has 0 spiro atoms. The summed E-state index contributed by atoms with van der Waals surface area (Å²) in [7, 11) is 0. The largest absolute Gasteiger partial charge is 0.340 e. The summed E-state index contributed by atoms with van der Waals surface area (Å²) in [4.78, 5) is 15.5. The summed E-state index contributed by atoms with van der Waals surface area (Å²) < 4.78 is 14.9. The van der Waals surface area contributed by atoms with Crippen LogP contribution in [0.25, 0.3) is 0 Å². The van der Waals surface area contributed by atoms with Gasteiger partial charge < -0.3 is 10.2 Å². The van der Waals surface area contributed by atoms with E-state index >= 15 is 0 Å². The minimum absolute atomic E-state index is 0. The molecule has 1 unspecified atom stereocenters. The molecule has 0 radical (unpaired) electrons. The molecular formula is C20H26ClFN4O. The predicted molar refractivity (Wildman–Crippen MR) is 104 cm³/mol. The van der Waals surface area contributed by atoms with E-state index in [4.69, 9.17) is 0 Å². The summed E-state index contributed by atoms with van der Waals surface area (Å²) in [6, 6.07) is 8.60. The number of rotatable bonds is 4. The number of likely N-dealkylation sites (tertiary alicyclic amines) is 1. The lowest BCUT2D eigenvalue weighted by Crippen LogP contribution is -2.55. The number of piperidine rings is 1. The number of hydrogen-bond acceptors (Lipinski definition) is 3. The van der Waals surface area contributed by atoms with Crippen LogP contribution in [-0.4, -0.2) is 46.8 Å². The Morgan fingerprint density at radius 2 is 2.00 bits per heavy atom. The minimum atomic E-state index is -0.556. The molecule has 1 aromatic heterocycles. The van der Waals surface area contributed by atoms with Crippen molar-refractivity contribution in [3.05, 3.63) is 54.1 Å². The van der Waals surface area contributed by atoms with Crippen molar-refractivity contribution in [3.8, 4) is 0 Å². The molecule has 2 saturated heterocycles. The molecule has 4 rings (SSSR count). The van der Waals surface area contributed by atoms with Crippen LogP contribution in [0.5, 0.6) is 0 Å². The molecule has 0 bridgehead atoms. The Labute approximate surface area is 165 Å². The van der Waals surface area contributed by atoms with Crippen LogP contribution in [0.2, 0.25) is 0 Å². The molecule has 1 aromatic carbocycles. The summed E-state index contributed by atoms with van der Waals surface area (Å²) >= 11 is 0. The van der Waals surface area contributed by atoms with Gasteiger partial charge in [-0.15, -0.1) is 12.4 Å². The highest BCUT2D eigenvalue weighted by Gasteiger charge is 2.45.